The molecule has 102 valence electrons. The van der Waals surface area contributed by atoms with E-state index in [2.05, 4.69) is 9.97 Å². The van der Waals surface area contributed by atoms with E-state index in [9.17, 15) is 26.3 Å². The molecule has 0 amide bonds. The van der Waals surface area contributed by atoms with Crippen molar-refractivity contribution < 1.29 is 26.3 Å². The van der Waals surface area contributed by atoms with Crippen LogP contribution in [0.25, 0.3) is 10.9 Å². The van der Waals surface area contributed by atoms with Crippen LogP contribution in [-0.2, 0) is 5.92 Å². The van der Waals surface area contributed by atoms with Crippen LogP contribution < -0.4 is 0 Å². The Morgan fingerprint density at radius 3 is 2.21 bits per heavy atom. The van der Waals surface area contributed by atoms with E-state index >= 15 is 0 Å². The maximum atomic E-state index is 13.1. The number of hydrogen-bond donors (Lipinski definition) is 0. The second-order valence-corrected chi connectivity index (χ2v) is 3.90. The summed E-state index contributed by atoms with van der Waals surface area (Å²) < 4.78 is 76.3. The molecule has 0 bridgehead atoms. The van der Waals surface area contributed by atoms with Crippen LogP contribution in [0.5, 0.6) is 0 Å². The number of hydrogen-bond acceptors (Lipinski definition) is 2. The van der Waals surface area contributed by atoms with E-state index in [1.54, 1.807) is 0 Å². The quantitative estimate of drug-likeness (QED) is 0.620. The van der Waals surface area contributed by atoms with Gasteiger partial charge in [-0.3, -0.25) is 0 Å². The van der Waals surface area contributed by atoms with Gasteiger partial charge in [-0.05, 0) is 6.07 Å². The van der Waals surface area contributed by atoms with Gasteiger partial charge in [-0.15, -0.1) is 0 Å². The predicted octanol–water partition coefficient (Wildman–Crippen LogP) is 3.92. The standard InChI is InChI=1S/C10H3ClF6N2/c11-7-3-1-4(12)5(13)2-6(3)18-9(19-7)10(16,17)8(14)15/h1-2,8H. The lowest BCUT2D eigenvalue weighted by molar-refractivity contribution is -0.140. The fourth-order valence-corrected chi connectivity index (χ4v) is 1.56. The summed E-state index contributed by atoms with van der Waals surface area (Å²) in [5.74, 6) is -8.84. The van der Waals surface area contributed by atoms with Crippen molar-refractivity contribution in [3.63, 3.8) is 0 Å². The Bertz CT molecular complexity index is 645. The third-order valence-corrected chi connectivity index (χ3v) is 2.55. The van der Waals surface area contributed by atoms with Crippen LogP contribution in [-0.4, -0.2) is 16.4 Å². The number of aromatic nitrogens is 2. The van der Waals surface area contributed by atoms with Gasteiger partial charge in [-0.2, -0.15) is 8.78 Å². The van der Waals surface area contributed by atoms with Crippen molar-refractivity contribution in [2.45, 2.75) is 12.3 Å². The first-order valence-electron chi connectivity index (χ1n) is 4.72. The summed E-state index contributed by atoms with van der Waals surface area (Å²) in [6.07, 6.45) is -4.05. The molecule has 0 atom stereocenters. The largest absolute Gasteiger partial charge is 0.365 e. The van der Waals surface area contributed by atoms with E-state index in [1.165, 1.54) is 0 Å². The molecule has 0 fully saturated rings. The highest BCUT2D eigenvalue weighted by Crippen LogP contribution is 2.34. The molecule has 1 aromatic heterocycles. The van der Waals surface area contributed by atoms with Crippen molar-refractivity contribution in [3.8, 4) is 0 Å². The molecule has 1 aromatic carbocycles. The minimum atomic E-state index is -4.64. The van der Waals surface area contributed by atoms with Crippen LogP contribution in [0.3, 0.4) is 0 Å². The molecular weight excluding hydrogens is 298 g/mol. The summed E-state index contributed by atoms with van der Waals surface area (Å²) in [6, 6.07) is 1.07. The first-order chi connectivity index (χ1) is 8.73. The summed E-state index contributed by atoms with van der Waals surface area (Å²) in [7, 11) is 0. The molecule has 0 aliphatic heterocycles. The molecule has 2 rings (SSSR count). The van der Waals surface area contributed by atoms with Gasteiger partial charge in [0, 0.05) is 11.5 Å². The zero-order valence-corrected chi connectivity index (χ0v) is 9.53. The van der Waals surface area contributed by atoms with Gasteiger partial charge in [0.25, 0.3) is 0 Å². The topological polar surface area (TPSA) is 25.8 Å². The molecule has 2 aromatic rings. The van der Waals surface area contributed by atoms with E-state index in [0.717, 1.165) is 0 Å². The molecule has 0 saturated carbocycles. The Hall–Kier alpha value is -1.57. The van der Waals surface area contributed by atoms with Crippen LogP contribution in [0.4, 0.5) is 26.3 Å². The first kappa shape index (κ1) is 13.9. The van der Waals surface area contributed by atoms with E-state index in [4.69, 9.17) is 11.6 Å². The van der Waals surface area contributed by atoms with Crippen LogP contribution in [0.1, 0.15) is 5.82 Å². The number of benzene rings is 1. The molecule has 0 N–H and O–H groups in total. The van der Waals surface area contributed by atoms with Crippen molar-refractivity contribution in [2.75, 3.05) is 0 Å². The predicted molar refractivity (Wildman–Crippen MR) is 54.4 cm³/mol. The normalized spacial score (nSPS) is 12.4. The number of halogens is 7. The zero-order valence-electron chi connectivity index (χ0n) is 8.77. The molecule has 1 heterocycles. The molecule has 0 aliphatic carbocycles. The molecule has 0 aliphatic rings. The number of fused-ring (bicyclic) bond motifs is 1. The van der Waals surface area contributed by atoms with Crippen LogP contribution in [0.15, 0.2) is 12.1 Å². The molecule has 2 nitrogen and oxygen atoms in total. The molecule has 0 radical (unpaired) electrons. The fourth-order valence-electron chi connectivity index (χ4n) is 1.33. The number of nitrogens with zero attached hydrogens (tertiary/aromatic N) is 2. The SMILES string of the molecule is Fc1cc2nc(C(F)(F)C(F)F)nc(Cl)c2cc1F. The van der Waals surface area contributed by atoms with Gasteiger partial charge in [-0.1, -0.05) is 11.6 Å². The van der Waals surface area contributed by atoms with Gasteiger partial charge < -0.3 is 0 Å². The average Bonchev–Trinajstić information content (AvgIpc) is 2.31. The smallest absolute Gasteiger partial charge is 0.227 e. The third-order valence-electron chi connectivity index (χ3n) is 2.26. The molecule has 19 heavy (non-hydrogen) atoms. The summed E-state index contributed by atoms with van der Waals surface area (Å²) in [6.45, 7) is 0. The van der Waals surface area contributed by atoms with Crippen molar-refractivity contribution in [1.29, 1.82) is 0 Å². The second-order valence-electron chi connectivity index (χ2n) is 3.55. The van der Waals surface area contributed by atoms with Gasteiger partial charge in [0.15, 0.2) is 11.6 Å². The third kappa shape index (κ3) is 2.32. The van der Waals surface area contributed by atoms with Crippen molar-refractivity contribution in [3.05, 3.63) is 34.7 Å². The Morgan fingerprint density at radius 1 is 1.05 bits per heavy atom. The van der Waals surface area contributed by atoms with E-state index < -0.39 is 40.5 Å². The zero-order chi connectivity index (χ0) is 14.4. The van der Waals surface area contributed by atoms with Crippen LogP contribution in [0, 0.1) is 11.6 Å². The van der Waals surface area contributed by atoms with Gasteiger partial charge >= 0.3 is 12.3 Å². The molecule has 0 saturated heterocycles. The lowest BCUT2D eigenvalue weighted by atomic mass is 10.2. The van der Waals surface area contributed by atoms with Gasteiger partial charge in [0.2, 0.25) is 5.82 Å². The number of rotatable bonds is 2. The highest BCUT2D eigenvalue weighted by Gasteiger charge is 2.46. The van der Waals surface area contributed by atoms with E-state index in [-0.39, 0.29) is 5.39 Å². The maximum Gasteiger partial charge on any atom is 0.365 e. The van der Waals surface area contributed by atoms with E-state index in [1.807, 2.05) is 0 Å². The highest BCUT2D eigenvalue weighted by molar-refractivity contribution is 6.34. The van der Waals surface area contributed by atoms with Crippen LogP contribution >= 0.6 is 11.6 Å². The molecule has 9 heteroatoms. The minimum Gasteiger partial charge on any atom is -0.227 e. The number of alkyl halides is 4. The Balaban J connectivity index is 2.72. The summed E-state index contributed by atoms with van der Waals surface area (Å²) in [5, 5.41) is -0.923. The Kier molecular flexibility index (Phi) is 3.29. The van der Waals surface area contributed by atoms with Crippen molar-refractivity contribution in [1.82, 2.24) is 9.97 Å². The van der Waals surface area contributed by atoms with Gasteiger partial charge in [0.05, 0.1) is 5.52 Å². The van der Waals surface area contributed by atoms with Gasteiger partial charge in [-0.25, -0.2) is 27.5 Å². The Morgan fingerprint density at radius 2 is 1.63 bits per heavy atom. The average molecular weight is 301 g/mol. The highest BCUT2D eigenvalue weighted by atomic mass is 35.5. The maximum absolute atomic E-state index is 13.1. The molecule has 0 spiro atoms. The fraction of sp³-hybridized carbons (Fsp3) is 0.200. The summed E-state index contributed by atoms with van der Waals surface area (Å²) in [5.41, 5.74) is -0.491. The molecular formula is C10H3ClF6N2. The first-order valence-corrected chi connectivity index (χ1v) is 5.10. The lowest BCUT2D eigenvalue weighted by Crippen LogP contribution is -2.26. The lowest BCUT2D eigenvalue weighted by Gasteiger charge is -2.14. The molecule has 0 unspecified atom stereocenters. The van der Waals surface area contributed by atoms with Crippen LogP contribution in [0.2, 0.25) is 5.15 Å². The van der Waals surface area contributed by atoms with Gasteiger partial charge in [0.1, 0.15) is 5.15 Å². The minimum absolute atomic E-state index is 0.255. The summed E-state index contributed by atoms with van der Waals surface area (Å²) >= 11 is 5.48. The second kappa shape index (κ2) is 4.52. The van der Waals surface area contributed by atoms with Crippen molar-refractivity contribution >= 4 is 22.5 Å². The van der Waals surface area contributed by atoms with E-state index in [0.29, 0.717) is 12.1 Å². The Labute approximate surface area is 107 Å². The summed E-state index contributed by atoms with van der Waals surface area (Å²) in [4.78, 5) is 6.10. The monoisotopic (exact) mass is 300 g/mol. The van der Waals surface area contributed by atoms with Crippen molar-refractivity contribution in [2.24, 2.45) is 0 Å².